The van der Waals surface area contributed by atoms with E-state index in [2.05, 4.69) is 20.3 Å². The number of ether oxygens (including phenoxy) is 2. The number of benzene rings is 1. The van der Waals surface area contributed by atoms with Crippen LogP contribution in [-0.4, -0.2) is 47.0 Å². The van der Waals surface area contributed by atoms with Gasteiger partial charge in [-0.15, -0.1) is 0 Å². The van der Waals surface area contributed by atoms with E-state index in [-0.39, 0.29) is 5.91 Å². The minimum Gasteiger partial charge on any atom is -0.439 e. The average molecular weight is 407 g/mol. The van der Waals surface area contributed by atoms with Crippen LogP contribution in [0, 0.1) is 0 Å². The zero-order valence-electron chi connectivity index (χ0n) is 17.1. The van der Waals surface area contributed by atoms with Crippen LogP contribution in [-0.2, 0) is 11.8 Å². The molecule has 2 aromatic heterocycles. The predicted molar refractivity (Wildman–Crippen MR) is 114 cm³/mol. The molecule has 4 rings (SSSR count). The van der Waals surface area contributed by atoms with Crippen molar-refractivity contribution in [2.45, 2.75) is 18.9 Å². The van der Waals surface area contributed by atoms with Gasteiger partial charge in [-0.2, -0.15) is 10.1 Å². The van der Waals surface area contributed by atoms with Crippen molar-refractivity contribution in [3.05, 3.63) is 60.3 Å². The molecule has 0 bridgehead atoms. The second kappa shape index (κ2) is 8.96. The zero-order valence-corrected chi connectivity index (χ0v) is 17.1. The molecular weight excluding hydrogens is 382 g/mol. The molecule has 0 radical (unpaired) electrons. The van der Waals surface area contributed by atoms with Crippen LogP contribution in [0.25, 0.3) is 0 Å². The van der Waals surface area contributed by atoms with Gasteiger partial charge in [-0.25, -0.2) is 0 Å². The third-order valence-corrected chi connectivity index (χ3v) is 5.07. The fourth-order valence-corrected chi connectivity index (χ4v) is 3.39. The predicted octanol–water partition coefficient (Wildman–Crippen LogP) is 3.47. The summed E-state index contributed by atoms with van der Waals surface area (Å²) in [4.78, 5) is 19.7. The first-order valence-corrected chi connectivity index (χ1v) is 9.95. The number of carbonyl (C=O) groups is 1. The van der Waals surface area contributed by atoms with Gasteiger partial charge in [0.15, 0.2) is 5.82 Å². The van der Waals surface area contributed by atoms with Crippen molar-refractivity contribution in [3.63, 3.8) is 0 Å². The lowest BCUT2D eigenvalue weighted by Gasteiger charge is -2.32. The molecule has 8 nitrogen and oxygen atoms in total. The molecular formula is C22H25N5O3. The molecule has 1 aliphatic heterocycles. The summed E-state index contributed by atoms with van der Waals surface area (Å²) in [5.41, 5.74) is 0.454. The first kappa shape index (κ1) is 19.9. The van der Waals surface area contributed by atoms with Crippen LogP contribution in [0.2, 0.25) is 0 Å². The first-order valence-electron chi connectivity index (χ1n) is 9.95. The standard InChI is InChI=1S/C22H25N5O3/c1-26-11-8-19(25-26)23-22(28)16-14-20(27(2)17-9-12-29-13-10-17)24-21(15-16)30-18-6-4-3-5-7-18/h3-8,11,14-15,17H,9-10,12-13H2,1-2H3,(H,23,25,28). The lowest BCUT2D eigenvalue weighted by atomic mass is 10.1. The molecule has 156 valence electrons. The number of aromatic nitrogens is 3. The Balaban J connectivity index is 1.63. The van der Waals surface area contributed by atoms with E-state index >= 15 is 0 Å². The fourth-order valence-electron chi connectivity index (χ4n) is 3.39. The van der Waals surface area contributed by atoms with E-state index < -0.39 is 0 Å². The Bertz CT molecular complexity index is 999. The SMILES string of the molecule is CN(c1cc(C(=O)Nc2ccn(C)n2)cc(Oc2ccccc2)n1)C1CCOCC1. The molecule has 0 atom stereocenters. The molecule has 1 saturated heterocycles. The molecule has 1 amide bonds. The van der Waals surface area contributed by atoms with E-state index in [1.807, 2.05) is 37.4 Å². The fraction of sp³-hybridized carbons (Fsp3) is 0.318. The number of amides is 1. The Morgan fingerprint density at radius 3 is 2.67 bits per heavy atom. The highest BCUT2D eigenvalue weighted by atomic mass is 16.5. The number of carbonyl (C=O) groups excluding carboxylic acids is 1. The number of nitrogens with zero attached hydrogens (tertiary/aromatic N) is 4. The number of nitrogens with one attached hydrogen (secondary N) is 1. The lowest BCUT2D eigenvalue weighted by Crippen LogP contribution is -2.37. The van der Waals surface area contributed by atoms with E-state index in [1.165, 1.54) is 0 Å². The molecule has 0 spiro atoms. The molecule has 0 saturated carbocycles. The minimum atomic E-state index is -0.268. The maximum absolute atomic E-state index is 12.9. The van der Waals surface area contributed by atoms with Crippen LogP contribution in [0.15, 0.2) is 54.7 Å². The molecule has 1 aliphatic rings. The summed E-state index contributed by atoms with van der Waals surface area (Å²) in [7, 11) is 3.79. The van der Waals surface area contributed by atoms with Gasteiger partial charge in [0.2, 0.25) is 5.88 Å². The van der Waals surface area contributed by atoms with Crippen molar-refractivity contribution in [1.82, 2.24) is 14.8 Å². The monoisotopic (exact) mass is 407 g/mol. The Kier molecular flexibility index (Phi) is 5.94. The van der Waals surface area contributed by atoms with E-state index in [4.69, 9.17) is 9.47 Å². The molecule has 1 aromatic carbocycles. The van der Waals surface area contributed by atoms with Crippen molar-refractivity contribution in [1.29, 1.82) is 0 Å². The van der Waals surface area contributed by atoms with Crippen LogP contribution in [0.5, 0.6) is 11.6 Å². The molecule has 30 heavy (non-hydrogen) atoms. The summed E-state index contributed by atoms with van der Waals surface area (Å²) in [6.07, 6.45) is 3.60. The van der Waals surface area contributed by atoms with Gasteiger partial charge in [0.1, 0.15) is 11.6 Å². The summed E-state index contributed by atoms with van der Waals surface area (Å²) < 4.78 is 13.0. The molecule has 3 heterocycles. The number of para-hydroxylation sites is 1. The molecule has 0 unspecified atom stereocenters. The summed E-state index contributed by atoms with van der Waals surface area (Å²) >= 11 is 0. The van der Waals surface area contributed by atoms with Crippen molar-refractivity contribution >= 4 is 17.5 Å². The van der Waals surface area contributed by atoms with Crippen LogP contribution < -0.4 is 15.0 Å². The lowest BCUT2D eigenvalue weighted by molar-refractivity contribution is 0.0853. The summed E-state index contributed by atoms with van der Waals surface area (Å²) in [6, 6.07) is 14.9. The maximum atomic E-state index is 12.9. The molecule has 1 N–H and O–H groups in total. The van der Waals surface area contributed by atoms with E-state index in [1.54, 1.807) is 36.1 Å². The van der Waals surface area contributed by atoms with Gasteiger partial charge in [0.25, 0.3) is 5.91 Å². The van der Waals surface area contributed by atoms with Crippen molar-refractivity contribution < 1.29 is 14.3 Å². The van der Waals surface area contributed by atoms with Gasteiger partial charge in [-0.05, 0) is 31.0 Å². The van der Waals surface area contributed by atoms with E-state index in [9.17, 15) is 4.79 Å². The van der Waals surface area contributed by atoms with Crippen LogP contribution in [0.4, 0.5) is 11.6 Å². The van der Waals surface area contributed by atoms with Crippen molar-refractivity contribution in [3.8, 4) is 11.6 Å². The van der Waals surface area contributed by atoms with E-state index in [0.717, 1.165) is 26.1 Å². The highest BCUT2D eigenvalue weighted by Gasteiger charge is 2.22. The Morgan fingerprint density at radius 2 is 1.97 bits per heavy atom. The largest absolute Gasteiger partial charge is 0.439 e. The van der Waals surface area contributed by atoms with Crippen LogP contribution in [0.1, 0.15) is 23.2 Å². The quantitative estimate of drug-likeness (QED) is 0.674. The number of anilines is 2. The first-order chi connectivity index (χ1) is 14.6. The van der Waals surface area contributed by atoms with Gasteiger partial charge in [-0.3, -0.25) is 9.48 Å². The van der Waals surface area contributed by atoms with Gasteiger partial charge in [0, 0.05) is 57.2 Å². The second-order valence-corrected chi connectivity index (χ2v) is 7.25. The molecule has 0 aliphatic carbocycles. The Hall–Kier alpha value is -3.39. The van der Waals surface area contributed by atoms with Gasteiger partial charge >= 0.3 is 0 Å². The second-order valence-electron chi connectivity index (χ2n) is 7.25. The normalized spacial score (nSPS) is 14.3. The van der Waals surface area contributed by atoms with E-state index in [0.29, 0.717) is 34.9 Å². The van der Waals surface area contributed by atoms with Crippen molar-refractivity contribution in [2.24, 2.45) is 7.05 Å². The summed E-state index contributed by atoms with van der Waals surface area (Å²) in [5.74, 6) is 1.93. The number of rotatable bonds is 6. The summed E-state index contributed by atoms with van der Waals surface area (Å²) in [6.45, 7) is 1.45. The van der Waals surface area contributed by atoms with Crippen LogP contribution in [0.3, 0.4) is 0 Å². The maximum Gasteiger partial charge on any atom is 0.257 e. The summed E-state index contributed by atoms with van der Waals surface area (Å²) in [5, 5.41) is 7.03. The van der Waals surface area contributed by atoms with Crippen molar-refractivity contribution in [2.75, 3.05) is 30.5 Å². The Labute approximate surface area is 175 Å². The Morgan fingerprint density at radius 1 is 1.20 bits per heavy atom. The zero-order chi connectivity index (χ0) is 20.9. The number of aryl methyl sites for hydroxylation is 1. The van der Waals surface area contributed by atoms with Gasteiger partial charge in [-0.1, -0.05) is 18.2 Å². The third-order valence-electron chi connectivity index (χ3n) is 5.07. The number of hydrogen-bond acceptors (Lipinski definition) is 6. The minimum absolute atomic E-state index is 0.268. The highest BCUT2D eigenvalue weighted by molar-refractivity contribution is 6.04. The topological polar surface area (TPSA) is 81.5 Å². The average Bonchev–Trinajstić information content (AvgIpc) is 3.18. The number of hydrogen-bond donors (Lipinski definition) is 1. The van der Waals surface area contributed by atoms with Crippen LogP contribution >= 0.6 is 0 Å². The smallest absolute Gasteiger partial charge is 0.257 e. The third kappa shape index (κ3) is 4.77. The molecule has 1 fully saturated rings. The number of pyridine rings is 1. The molecule has 3 aromatic rings. The molecule has 8 heteroatoms. The highest BCUT2D eigenvalue weighted by Crippen LogP contribution is 2.27. The van der Waals surface area contributed by atoms with Gasteiger partial charge < -0.3 is 19.7 Å². The van der Waals surface area contributed by atoms with Gasteiger partial charge in [0.05, 0.1) is 0 Å².